The highest BCUT2D eigenvalue weighted by atomic mass is 32.2. The number of aromatic nitrogens is 2. The Balaban J connectivity index is 1.59. The fraction of sp³-hybridized carbons (Fsp3) is 0.595. The molecule has 2 fully saturated rings. The minimum absolute atomic E-state index is 0.00955. The van der Waals surface area contributed by atoms with E-state index in [0.717, 1.165) is 12.8 Å². The molecule has 0 radical (unpaired) electrons. The van der Waals surface area contributed by atoms with Crippen LogP contribution in [0.3, 0.4) is 0 Å². The van der Waals surface area contributed by atoms with Crippen molar-refractivity contribution in [3.63, 3.8) is 0 Å². The van der Waals surface area contributed by atoms with E-state index < -0.39 is 25.6 Å². The van der Waals surface area contributed by atoms with Crippen LogP contribution in [-0.2, 0) is 22.5 Å². The zero-order valence-electron chi connectivity index (χ0n) is 34.3. The van der Waals surface area contributed by atoms with Crippen molar-refractivity contribution in [1.82, 2.24) is 14.9 Å². The third-order valence-electron chi connectivity index (χ3n) is 11.2. The standard InChI is InChI=1S/C42H59FN4O6SSi/c1-25(2)55(26(3)4,27(5)6)17-16-32-35(43)15-12-28-18-31(52-24-51-10)19-33(38(28)32)37(49)20-36-34(23-48)39(45-40(44-36)54-11)46-21-29-13-14-30(22-46)47(29)41(50)53-42(7,8)9/h12,15,18-19,25-27,29-30,37,48-49H,13-14,20-24H2,1-11H3. The van der Waals surface area contributed by atoms with E-state index in [9.17, 15) is 15.0 Å². The second-order valence-electron chi connectivity index (χ2n) is 16.7. The topological polar surface area (TPSA) is 117 Å². The lowest BCUT2D eigenvalue weighted by molar-refractivity contribution is 0.0122. The van der Waals surface area contributed by atoms with Gasteiger partial charge >= 0.3 is 6.09 Å². The zero-order chi connectivity index (χ0) is 40.4. The molecule has 2 aliphatic heterocycles. The van der Waals surface area contributed by atoms with Crippen LogP contribution in [0.25, 0.3) is 10.8 Å². The fourth-order valence-electron chi connectivity index (χ4n) is 8.80. The van der Waals surface area contributed by atoms with Crippen molar-refractivity contribution in [2.45, 2.75) is 134 Å². The fourth-order valence-corrected chi connectivity index (χ4v) is 14.4. The number of nitrogens with zero attached hydrogens (tertiary/aromatic N) is 4. The van der Waals surface area contributed by atoms with Crippen molar-refractivity contribution in [3.8, 4) is 17.2 Å². The third kappa shape index (κ3) is 8.94. The predicted octanol–water partition coefficient (Wildman–Crippen LogP) is 8.40. The zero-order valence-corrected chi connectivity index (χ0v) is 36.1. The minimum Gasteiger partial charge on any atom is -0.468 e. The molecule has 0 spiro atoms. The SMILES string of the molecule is COCOc1cc(C(O)Cc2nc(SC)nc(N3CC4CCC(C3)N4C(=O)OC(C)(C)C)c2CO)c2c(C#C[Si](C(C)C)(C(C)C)C(C)C)c(F)ccc2c1. The molecule has 0 saturated carbocycles. The number of hydrogen-bond donors (Lipinski definition) is 2. The van der Waals surface area contributed by atoms with Crippen LogP contribution in [0.5, 0.6) is 5.75 Å². The van der Waals surface area contributed by atoms with Crippen molar-refractivity contribution in [2.24, 2.45) is 0 Å². The lowest BCUT2D eigenvalue weighted by Gasteiger charge is -2.42. The lowest BCUT2D eigenvalue weighted by atomic mass is 9.93. The molecular formula is C42H59FN4O6SSi. The van der Waals surface area contributed by atoms with Crippen molar-refractivity contribution < 1.29 is 33.6 Å². The van der Waals surface area contributed by atoms with Crippen molar-refractivity contribution in [1.29, 1.82) is 0 Å². The number of anilines is 1. The smallest absolute Gasteiger partial charge is 0.410 e. The van der Waals surface area contributed by atoms with Crippen molar-refractivity contribution in [3.05, 3.63) is 52.5 Å². The third-order valence-corrected chi connectivity index (χ3v) is 18.0. The summed E-state index contributed by atoms with van der Waals surface area (Å²) >= 11 is 1.37. The highest BCUT2D eigenvalue weighted by molar-refractivity contribution is 7.98. The van der Waals surface area contributed by atoms with Crippen LogP contribution in [0.1, 0.15) is 104 Å². The first kappa shape index (κ1) is 42.7. The summed E-state index contributed by atoms with van der Waals surface area (Å²) in [6.45, 7) is 19.6. The molecule has 2 N–H and O–H groups in total. The van der Waals surface area contributed by atoms with Crippen LogP contribution in [0.2, 0.25) is 16.6 Å². The number of thioether (sulfide) groups is 1. The van der Waals surface area contributed by atoms with Crippen LogP contribution >= 0.6 is 11.8 Å². The van der Waals surface area contributed by atoms with Crippen molar-refractivity contribution in [2.75, 3.05) is 38.1 Å². The Morgan fingerprint density at radius 2 is 1.69 bits per heavy atom. The lowest BCUT2D eigenvalue weighted by Crippen LogP contribution is -2.57. The van der Waals surface area contributed by atoms with E-state index in [0.29, 0.717) is 74.0 Å². The number of piperazine rings is 1. The maximum absolute atomic E-state index is 16.1. The van der Waals surface area contributed by atoms with Gasteiger partial charge in [0.15, 0.2) is 11.9 Å². The summed E-state index contributed by atoms with van der Waals surface area (Å²) < 4.78 is 32.9. The van der Waals surface area contributed by atoms with Gasteiger partial charge in [0.2, 0.25) is 0 Å². The molecule has 13 heteroatoms. The van der Waals surface area contributed by atoms with Gasteiger partial charge in [0.05, 0.1) is 36.1 Å². The summed E-state index contributed by atoms with van der Waals surface area (Å²) in [4.78, 5) is 26.9. The molecule has 2 aromatic carbocycles. The van der Waals surface area contributed by atoms with Crippen LogP contribution in [0.15, 0.2) is 29.4 Å². The number of fused-ring (bicyclic) bond motifs is 3. The molecule has 0 aliphatic carbocycles. The highest BCUT2D eigenvalue weighted by Crippen LogP contribution is 2.42. The van der Waals surface area contributed by atoms with Gasteiger partial charge in [-0.1, -0.05) is 65.3 Å². The largest absolute Gasteiger partial charge is 0.468 e. The number of halogens is 1. The Kier molecular flexibility index (Phi) is 13.5. The number of benzene rings is 2. The maximum atomic E-state index is 16.1. The predicted molar refractivity (Wildman–Crippen MR) is 220 cm³/mol. The van der Waals surface area contributed by atoms with Crippen LogP contribution < -0.4 is 9.64 Å². The number of ether oxygens (including phenoxy) is 3. The van der Waals surface area contributed by atoms with Gasteiger partial charge in [0, 0.05) is 37.6 Å². The molecule has 2 aliphatic rings. The van der Waals surface area contributed by atoms with Crippen molar-refractivity contribution >= 4 is 42.5 Å². The minimum atomic E-state index is -2.24. The summed E-state index contributed by atoms with van der Waals surface area (Å²) in [7, 11) is -0.708. The van der Waals surface area contributed by atoms with Gasteiger partial charge in [0.1, 0.15) is 31.1 Å². The second kappa shape index (κ2) is 17.4. The molecule has 5 rings (SSSR count). The molecule has 3 aromatic rings. The van der Waals surface area contributed by atoms with E-state index in [1.807, 2.05) is 38.0 Å². The molecule has 3 unspecified atom stereocenters. The molecule has 300 valence electrons. The number of amides is 1. The van der Waals surface area contributed by atoms with Crippen LogP contribution in [0.4, 0.5) is 15.0 Å². The number of methoxy groups -OCH3 is 1. The summed E-state index contributed by atoms with van der Waals surface area (Å²) in [5.41, 5.74) is 5.80. The normalized spacial score (nSPS) is 18.0. The number of carbonyl (C=O) groups is 1. The monoisotopic (exact) mass is 794 g/mol. The summed E-state index contributed by atoms with van der Waals surface area (Å²) in [5.74, 6) is 3.93. The molecule has 10 nitrogen and oxygen atoms in total. The average molecular weight is 795 g/mol. The van der Waals surface area contributed by atoms with E-state index in [-0.39, 0.29) is 43.6 Å². The molecule has 2 bridgehead atoms. The maximum Gasteiger partial charge on any atom is 0.410 e. The number of carbonyl (C=O) groups excluding carboxylic acids is 1. The molecule has 1 amide bonds. The van der Waals surface area contributed by atoms with E-state index in [1.165, 1.54) is 24.9 Å². The number of aliphatic hydroxyl groups is 2. The summed E-state index contributed by atoms with van der Waals surface area (Å²) in [6, 6.07) is 6.50. The van der Waals surface area contributed by atoms with Gasteiger partial charge in [-0.15, -0.1) is 5.54 Å². The summed E-state index contributed by atoms with van der Waals surface area (Å²) in [6.07, 6.45) is 2.08. The van der Waals surface area contributed by atoms with Gasteiger partial charge in [-0.2, -0.15) is 0 Å². The number of aliphatic hydroxyl groups excluding tert-OH is 2. The second-order valence-corrected chi connectivity index (χ2v) is 23.1. The quantitative estimate of drug-likeness (QED) is 0.0609. The van der Waals surface area contributed by atoms with E-state index >= 15 is 4.39 Å². The van der Waals surface area contributed by atoms with Gasteiger partial charge in [0.25, 0.3) is 0 Å². The van der Waals surface area contributed by atoms with Gasteiger partial charge in [-0.25, -0.2) is 19.2 Å². The Morgan fingerprint density at radius 3 is 2.24 bits per heavy atom. The Hall–Kier alpha value is -3.41. The van der Waals surface area contributed by atoms with E-state index in [2.05, 4.69) is 57.9 Å². The molecule has 3 atom stereocenters. The number of rotatable bonds is 12. The van der Waals surface area contributed by atoms with E-state index in [1.54, 1.807) is 12.1 Å². The van der Waals surface area contributed by atoms with Crippen LogP contribution in [-0.4, -0.2) is 90.2 Å². The molecule has 2 saturated heterocycles. The number of hydrogen-bond acceptors (Lipinski definition) is 10. The Bertz CT molecular complexity index is 1890. The van der Waals surface area contributed by atoms with Gasteiger partial charge in [-0.05, 0) is 85.6 Å². The first-order chi connectivity index (χ1) is 25.9. The molecule has 55 heavy (non-hydrogen) atoms. The molecule has 3 heterocycles. The Labute approximate surface area is 331 Å². The van der Waals surface area contributed by atoms with Gasteiger partial charge in [-0.3, -0.25) is 4.90 Å². The molecular weight excluding hydrogens is 736 g/mol. The summed E-state index contributed by atoms with van der Waals surface area (Å²) in [5, 5.41) is 24.8. The first-order valence-corrected chi connectivity index (χ1v) is 22.8. The Morgan fingerprint density at radius 1 is 1.05 bits per heavy atom. The average Bonchev–Trinajstić information content (AvgIpc) is 3.39. The first-order valence-electron chi connectivity index (χ1n) is 19.4. The molecule has 1 aromatic heterocycles. The van der Waals surface area contributed by atoms with Gasteiger partial charge < -0.3 is 29.3 Å². The van der Waals surface area contributed by atoms with Crippen LogP contribution in [0, 0.1) is 17.3 Å². The highest BCUT2D eigenvalue weighted by Gasteiger charge is 2.45. The van der Waals surface area contributed by atoms with E-state index in [4.69, 9.17) is 24.2 Å².